The molecule has 1 aromatic carbocycles. The smallest absolute Gasteiger partial charge is 0.480 e. The first kappa shape index (κ1) is 20.2. The van der Waals surface area contributed by atoms with Crippen molar-refractivity contribution in [3.63, 3.8) is 0 Å². The van der Waals surface area contributed by atoms with Gasteiger partial charge in [0.25, 0.3) is 0 Å². The molecule has 1 unspecified atom stereocenters. The van der Waals surface area contributed by atoms with E-state index in [4.69, 9.17) is 4.74 Å². The highest BCUT2D eigenvalue weighted by Gasteiger charge is 2.46. The topological polar surface area (TPSA) is 76.1 Å². The maximum absolute atomic E-state index is 12.7. The summed E-state index contributed by atoms with van der Waals surface area (Å²) in [6.45, 7) is 4.83. The van der Waals surface area contributed by atoms with Gasteiger partial charge in [-0.2, -0.15) is 0 Å². The molecule has 10 heteroatoms. The molecule has 0 saturated carbocycles. The number of para-hydroxylation sites is 1. The Hall–Kier alpha value is -2.10. The van der Waals surface area contributed by atoms with Crippen LogP contribution in [0.4, 0.5) is 18.0 Å². The minimum absolute atomic E-state index is 0.0135. The fraction of sp³-hybridized carbons (Fsp3) is 0.500. The molecule has 0 aromatic heterocycles. The van der Waals surface area contributed by atoms with E-state index in [9.17, 15) is 27.9 Å². The Balaban J connectivity index is 2.41. The van der Waals surface area contributed by atoms with Gasteiger partial charge in [0.15, 0.2) is 0 Å². The van der Waals surface area contributed by atoms with Gasteiger partial charge in [-0.1, -0.05) is 18.2 Å². The van der Waals surface area contributed by atoms with E-state index >= 15 is 0 Å². The van der Waals surface area contributed by atoms with Crippen LogP contribution in [0.2, 0.25) is 0 Å². The molecule has 2 rings (SSSR count). The Morgan fingerprint density at radius 2 is 1.85 bits per heavy atom. The molecule has 2 atom stereocenters. The third-order valence-electron chi connectivity index (χ3n) is 3.30. The number of carboxylic acids is 1. The average molecular weight is 393 g/mol. The monoisotopic (exact) mass is 393 g/mol. The zero-order valence-corrected chi connectivity index (χ0v) is 15.1. The van der Waals surface area contributed by atoms with Crippen LogP contribution in [0.5, 0.6) is 5.75 Å². The number of ether oxygens (including phenoxy) is 2. The van der Waals surface area contributed by atoms with Gasteiger partial charge in [0.1, 0.15) is 22.8 Å². The van der Waals surface area contributed by atoms with Crippen molar-refractivity contribution >= 4 is 23.8 Å². The SMILES string of the molecule is CC(C)(C)OC(=O)N1C(c2ccccc2OC(F)(F)F)SC[C@H]1C(=O)O. The Kier molecular flexibility index (Phi) is 5.64. The first-order chi connectivity index (χ1) is 11.9. The van der Waals surface area contributed by atoms with E-state index in [0.29, 0.717) is 0 Å². The van der Waals surface area contributed by atoms with Gasteiger partial charge >= 0.3 is 18.4 Å². The van der Waals surface area contributed by atoms with Crippen LogP contribution >= 0.6 is 11.8 Å². The fourth-order valence-electron chi connectivity index (χ4n) is 2.38. The number of alkyl halides is 3. The minimum atomic E-state index is -4.91. The number of carbonyl (C=O) groups is 2. The van der Waals surface area contributed by atoms with Crippen LogP contribution in [0.15, 0.2) is 24.3 Å². The zero-order valence-electron chi connectivity index (χ0n) is 14.2. The maximum atomic E-state index is 12.7. The van der Waals surface area contributed by atoms with Crippen LogP contribution in [-0.4, -0.2) is 45.8 Å². The first-order valence-electron chi connectivity index (χ1n) is 7.59. The highest BCUT2D eigenvalue weighted by molar-refractivity contribution is 7.99. The average Bonchev–Trinajstić information content (AvgIpc) is 2.89. The van der Waals surface area contributed by atoms with Crippen molar-refractivity contribution in [1.82, 2.24) is 4.90 Å². The van der Waals surface area contributed by atoms with Gasteiger partial charge in [-0.3, -0.25) is 4.90 Å². The number of hydrogen-bond donors (Lipinski definition) is 1. The molecule has 26 heavy (non-hydrogen) atoms. The lowest BCUT2D eigenvalue weighted by Gasteiger charge is -2.31. The molecule has 1 saturated heterocycles. The predicted molar refractivity (Wildman–Crippen MR) is 87.8 cm³/mol. The molecule has 0 bridgehead atoms. The molecule has 0 aliphatic carbocycles. The van der Waals surface area contributed by atoms with E-state index in [-0.39, 0.29) is 11.3 Å². The lowest BCUT2D eigenvalue weighted by atomic mass is 10.1. The van der Waals surface area contributed by atoms with Crippen molar-refractivity contribution in [2.75, 3.05) is 5.75 Å². The molecular weight excluding hydrogens is 375 g/mol. The first-order valence-corrected chi connectivity index (χ1v) is 8.64. The quantitative estimate of drug-likeness (QED) is 0.836. The molecule has 1 amide bonds. The second-order valence-corrected chi connectivity index (χ2v) is 7.63. The van der Waals surface area contributed by atoms with Gasteiger partial charge in [0, 0.05) is 11.3 Å². The van der Waals surface area contributed by atoms with E-state index in [0.717, 1.165) is 22.7 Å². The number of halogens is 3. The van der Waals surface area contributed by atoms with Crippen LogP contribution in [0.25, 0.3) is 0 Å². The molecule has 0 spiro atoms. The standard InChI is InChI=1S/C16H18F3NO5S/c1-15(2,3)25-14(23)20-10(13(21)22)8-26-12(20)9-6-4-5-7-11(9)24-16(17,18)19/h4-7,10,12H,8H2,1-3H3,(H,21,22)/t10-,12?/m0/s1. The minimum Gasteiger partial charge on any atom is -0.480 e. The van der Waals surface area contributed by atoms with Gasteiger partial charge in [-0.05, 0) is 26.8 Å². The van der Waals surface area contributed by atoms with Crippen LogP contribution in [0.1, 0.15) is 31.7 Å². The van der Waals surface area contributed by atoms with Crippen LogP contribution in [0.3, 0.4) is 0 Å². The number of carbonyl (C=O) groups excluding carboxylic acids is 1. The van der Waals surface area contributed by atoms with E-state index < -0.39 is 41.2 Å². The number of nitrogens with zero attached hydrogens (tertiary/aromatic N) is 1. The molecular formula is C16H18F3NO5S. The van der Waals surface area contributed by atoms with E-state index in [1.165, 1.54) is 18.2 Å². The van der Waals surface area contributed by atoms with E-state index in [1.54, 1.807) is 20.8 Å². The largest absolute Gasteiger partial charge is 0.573 e. The predicted octanol–water partition coefficient (Wildman–Crippen LogP) is 4.02. The third-order valence-corrected chi connectivity index (χ3v) is 4.61. The number of aliphatic carboxylic acids is 1. The van der Waals surface area contributed by atoms with Gasteiger partial charge < -0.3 is 14.6 Å². The molecule has 1 fully saturated rings. The number of thioether (sulfide) groups is 1. The van der Waals surface area contributed by atoms with Crippen molar-refractivity contribution in [1.29, 1.82) is 0 Å². The Bertz CT molecular complexity index is 689. The normalized spacial score (nSPS) is 20.8. The Morgan fingerprint density at radius 1 is 1.23 bits per heavy atom. The van der Waals surface area contributed by atoms with Gasteiger partial charge in [-0.15, -0.1) is 24.9 Å². The molecule has 1 N–H and O–H groups in total. The number of rotatable bonds is 3. The molecule has 1 aliphatic heterocycles. The van der Waals surface area contributed by atoms with Crippen molar-refractivity contribution < 1.29 is 37.3 Å². The summed E-state index contributed by atoms with van der Waals surface area (Å²) >= 11 is 1.03. The number of hydrogen-bond acceptors (Lipinski definition) is 5. The Morgan fingerprint density at radius 3 is 2.38 bits per heavy atom. The second kappa shape index (κ2) is 7.26. The summed E-state index contributed by atoms with van der Waals surface area (Å²) in [7, 11) is 0. The van der Waals surface area contributed by atoms with Crippen LogP contribution < -0.4 is 4.74 Å². The highest BCUT2D eigenvalue weighted by atomic mass is 32.2. The molecule has 1 aliphatic rings. The van der Waals surface area contributed by atoms with Crippen LogP contribution in [0, 0.1) is 0 Å². The van der Waals surface area contributed by atoms with Gasteiger partial charge in [0.05, 0.1) is 0 Å². The summed E-state index contributed by atoms with van der Waals surface area (Å²) in [5.74, 6) is -1.74. The number of carboxylic acid groups (broad SMARTS) is 1. The van der Waals surface area contributed by atoms with Crippen molar-refractivity contribution in [2.45, 2.75) is 44.2 Å². The summed E-state index contributed by atoms with van der Waals surface area (Å²) in [6.07, 6.45) is -5.83. The van der Waals surface area contributed by atoms with Gasteiger partial charge in [0.2, 0.25) is 0 Å². The fourth-order valence-corrected chi connectivity index (χ4v) is 3.81. The molecule has 144 valence electrons. The second-order valence-electron chi connectivity index (χ2n) is 6.51. The third kappa shape index (κ3) is 4.96. The summed E-state index contributed by atoms with van der Waals surface area (Å²) in [5, 5.41) is 8.40. The summed E-state index contributed by atoms with van der Waals surface area (Å²) in [5.41, 5.74) is -0.843. The summed E-state index contributed by atoms with van der Waals surface area (Å²) < 4.78 is 47.3. The van der Waals surface area contributed by atoms with Crippen molar-refractivity contribution in [3.05, 3.63) is 29.8 Å². The zero-order chi connectivity index (χ0) is 19.7. The number of benzene rings is 1. The summed E-state index contributed by atoms with van der Waals surface area (Å²) in [6, 6.07) is 4.10. The summed E-state index contributed by atoms with van der Waals surface area (Å²) in [4.78, 5) is 25.0. The molecule has 1 aromatic rings. The number of amides is 1. The lowest BCUT2D eigenvalue weighted by Crippen LogP contribution is -2.45. The van der Waals surface area contributed by atoms with Crippen molar-refractivity contribution in [2.24, 2.45) is 0 Å². The van der Waals surface area contributed by atoms with Gasteiger partial charge in [-0.25, -0.2) is 9.59 Å². The maximum Gasteiger partial charge on any atom is 0.573 e. The molecule has 0 radical (unpaired) electrons. The Labute approximate surface area is 152 Å². The molecule has 6 nitrogen and oxygen atoms in total. The highest BCUT2D eigenvalue weighted by Crippen LogP contribution is 2.46. The van der Waals surface area contributed by atoms with Crippen molar-refractivity contribution in [3.8, 4) is 5.75 Å². The van der Waals surface area contributed by atoms with E-state index in [1.807, 2.05) is 0 Å². The molecule has 1 heterocycles. The van der Waals surface area contributed by atoms with E-state index in [2.05, 4.69) is 4.74 Å². The lowest BCUT2D eigenvalue weighted by molar-refractivity contribution is -0.275. The van der Waals surface area contributed by atoms with Crippen LogP contribution in [-0.2, 0) is 9.53 Å².